The molecule has 0 radical (unpaired) electrons. The Morgan fingerprint density at radius 1 is 1.07 bits per heavy atom. The highest BCUT2D eigenvalue weighted by atomic mass is 32.2. The summed E-state index contributed by atoms with van der Waals surface area (Å²) in [5.74, 6) is -0.452. The Kier molecular flexibility index (Phi) is 6.15. The van der Waals surface area contributed by atoms with Gasteiger partial charge in [0, 0.05) is 18.7 Å². The second kappa shape index (κ2) is 8.41. The number of carbonyl (C=O) groups excluding carboxylic acids is 1. The summed E-state index contributed by atoms with van der Waals surface area (Å²) < 4.78 is 46.0. The molecule has 0 aliphatic carbocycles. The van der Waals surface area contributed by atoms with E-state index < -0.39 is 21.8 Å². The molecule has 0 bridgehead atoms. The fourth-order valence-electron chi connectivity index (χ4n) is 3.56. The van der Waals surface area contributed by atoms with Gasteiger partial charge in [0.2, 0.25) is 10.0 Å². The first-order valence-corrected chi connectivity index (χ1v) is 10.7. The van der Waals surface area contributed by atoms with Crippen LogP contribution in [0.5, 0.6) is 0 Å². The monoisotopic (exact) mass is 405 g/mol. The smallest absolute Gasteiger partial charge is 0.338 e. The summed E-state index contributed by atoms with van der Waals surface area (Å²) in [7, 11) is -3.60. The number of piperidine rings is 1. The Morgan fingerprint density at radius 2 is 1.68 bits per heavy atom. The molecule has 0 amide bonds. The Bertz CT molecular complexity index is 933. The highest BCUT2D eigenvalue weighted by molar-refractivity contribution is 7.89. The average molecular weight is 405 g/mol. The standard InChI is InChI=1S/C21H24FNO4S/c1-15-11-16(2)13-23(12-15)28(25,26)19-9-7-17(8-10-19)21(24)27-14-18-5-3-4-6-20(18)22/h3-10,15-16H,11-14H2,1-2H3/t15-,16-/m1/s1. The largest absolute Gasteiger partial charge is 0.457 e. The third kappa shape index (κ3) is 4.59. The summed E-state index contributed by atoms with van der Waals surface area (Å²) in [6.07, 6.45) is 1.01. The van der Waals surface area contributed by atoms with Crippen LogP contribution >= 0.6 is 0 Å². The van der Waals surface area contributed by atoms with Crippen LogP contribution in [0.2, 0.25) is 0 Å². The maximum atomic E-state index is 13.6. The van der Waals surface area contributed by atoms with Crippen molar-refractivity contribution < 1.29 is 22.3 Å². The number of carbonyl (C=O) groups is 1. The Labute approximate surface area is 165 Å². The number of sulfonamides is 1. The lowest BCUT2D eigenvalue weighted by atomic mass is 9.94. The molecule has 0 saturated carbocycles. The molecule has 0 unspecified atom stereocenters. The molecular weight excluding hydrogens is 381 g/mol. The summed E-state index contributed by atoms with van der Waals surface area (Å²) in [6, 6.07) is 11.7. The van der Waals surface area contributed by atoms with E-state index in [0.717, 1.165) is 6.42 Å². The van der Waals surface area contributed by atoms with Crippen LogP contribution in [0.1, 0.15) is 36.2 Å². The fourth-order valence-corrected chi connectivity index (χ4v) is 5.24. The van der Waals surface area contributed by atoms with E-state index in [1.165, 1.54) is 34.6 Å². The molecule has 7 heteroatoms. The van der Waals surface area contributed by atoms with E-state index in [1.54, 1.807) is 18.2 Å². The molecule has 1 fully saturated rings. The molecule has 0 aromatic heterocycles. The van der Waals surface area contributed by atoms with Gasteiger partial charge in [0.25, 0.3) is 0 Å². The van der Waals surface area contributed by atoms with Gasteiger partial charge >= 0.3 is 5.97 Å². The van der Waals surface area contributed by atoms with Crippen molar-refractivity contribution in [2.45, 2.75) is 31.8 Å². The number of rotatable bonds is 5. The number of hydrogen-bond acceptors (Lipinski definition) is 4. The van der Waals surface area contributed by atoms with E-state index in [4.69, 9.17) is 4.74 Å². The van der Waals surface area contributed by atoms with E-state index >= 15 is 0 Å². The Morgan fingerprint density at radius 3 is 2.29 bits per heavy atom. The predicted molar refractivity (Wildman–Crippen MR) is 104 cm³/mol. The summed E-state index contributed by atoms with van der Waals surface area (Å²) in [5, 5.41) is 0. The second-order valence-corrected chi connectivity index (χ2v) is 9.40. The van der Waals surface area contributed by atoms with Gasteiger partial charge in [-0.2, -0.15) is 4.31 Å². The number of benzene rings is 2. The predicted octanol–water partition coefficient (Wildman–Crippen LogP) is 3.85. The fraction of sp³-hybridized carbons (Fsp3) is 0.381. The van der Waals surface area contributed by atoms with Gasteiger partial charge < -0.3 is 4.74 Å². The van der Waals surface area contributed by atoms with Crippen LogP contribution in [0.4, 0.5) is 4.39 Å². The minimum Gasteiger partial charge on any atom is -0.457 e. The normalized spacial score (nSPS) is 20.7. The third-order valence-corrected chi connectivity index (χ3v) is 6.73. The summed E-state index contributed by atoms with van der Waals surface area (Å²) >= 11 is 0. The van der Waals surface area contributed by atoms with Gasteiger partial charge in [-0.25, -0.2) is 17.6 Å². The number of ether oxygens (including phenoxy) is 1. The molecular formula is C21H24FNO4S. The van der Waals surface area contributed by atoms with Crippen LogP contribution in [0, 0.1) is 17.7 Å². The number of hydrogen-bond donors (Lipinski definition) is 0. The maximum absolute atomic E-state index is 13.6. The van der Waals surface area contributed by atoms with Crippen molar-refractivity contribution in [2.24, 2.45) is 11.8 Å². The van der Waals surface area contributed by atoms with Crippen molar-refractivity contribution in [1.29, 1.82) is 0 Å². The molecule has 2 aromatic carbocycles. The summed E-state index contributed by atoms with van der Waals surface area (Å²) in [4.78, 5) is 12.3. The van der Waals surface area contributed by atoms with E-state index in [2.05, 4.69) is 0 Å². The minimum atomic E-state index is -3.60. The molecule has 5 nitrogen and oxygen atoms in total. The molecule has 1 saturated heterocycles. The van der Waals surface area contributed by atoms with Crippen LogP contribution in [-0.2, 0) is 21.4 Å². The zero-order valence-electron chi connectivity index (χ0n) is 16.0. The molecule has 1 aliphatic heterocycles. The number of nitrogens with zero attached hydrogens (tertiary/aromatic N) is 1. The van der Waals surface area contributed by atoms with E-state index in [1.807, 2.05) is 13.8 Å². The molecule has 2 atom stereocenters. The lowest BCUT2D eigenvalue weighted by Gasteiger charge is -2.34. The van der Waals surface area contributed by atoms with Crippen LogP contribution in [0.15, 0.2) is 53.4 Å². The van der Waals surface area contributed by atoms with Crippen molar-refractivity contribution in [3.63, 3.8) is 0 Å². The van der Waals surface area contributed by atoms with Gasteiger partial charge in [-0.05, 0) is 48.6 Å². The lowest BCUT2D eigenvalue weighted by Crippen LogP contribution is -2.42. The van der Waals surface area contributed by atoms with E-state index in [-0.39, 0.29) is 22.6 Å². The van der Waals surface area contributed by atoms with Gasteiger partial charge in [-0.3, -0.25) is 0 Å². The van der Waals surface area contributed by atoms with Crippen molar-refractivity contribution >= 4 is 16.0 Å². The molecule has 0 spiro atoms. The first kappa shape index (κ1) is 20.5. The molecule has 3 rings (SSSR count). The molecule has 150 valence electrons. The van der Waals surface area contributed by atoms with Crippen LogP contribution in [0.3, 0.4) is 0 Å². The topological polar surface area (TPSA) is 63.7 Å². The van der Waals surface area contributed by atoms with Gasteiger partial charge in [0.05, 0.1) is 10.5 Å². The van der Waals surface area contributed by atoms with Gasteiger partial charge in [-0.1, -0.05) is 32.0 Å². The van der Waals surface area contributed by atoms with Crippen LogP contribution < -0.4 is 0 Å². The van der Waals surface area contributed by atoms with Crippen molar-refractivity contribution in [2.75, 3.05) is 13.1 Å². The average Bonchev–Trinajstić information content (AvgIpc) is 2.66. The quantitative estimate of drug-likeness (QED) is 0.709. The van der Waals surface area contributed by atoms with Crippen LogP contribution in [-0.4, -0.2) is 31.8 Å². The van der Waals surface area contributed by atoms with Crippen LogP contribution in [0.25, 0.3) is 0 Å². The Balaban J connectivity index is 1.68. The minimum absolute atomic E-state index is 0.152. The van der Waals surface area contributed by atoms with Crippen molar-refractivity contribution in [3.05, 3.63) is 65.5 Å². The molecule has 28 heavy (non-hydrogen) atoms. The first-order valence-electron chi connectivity index (χ1n) is 9.28. The highest BCUT2D eigenvalue weighted by Gasteiger charge is 2.31. The zero-order chi connectivity index (χ0) is 20.3. The van der Waals surface area contributed by atoms with Gasteiger partial charge in [0.1, 0.15) is 12.4 Å². The first-order chi connectivity index (χ1) is 13.3. The second-order valence-electron chi connectivity index (χ2n) is 7.46. The third-order valence-electron chi connectivity index (χ3n) is 4.88. The summed E-state index contributed by atoms with van der Waals surface area (Å²) in [5.41, 5.74) is 0.499. The van der Waals surface area contributed by atoms with E-state index in [0.29, 0.717) is 24.9 Å². The molecule has 2 aromatic rings. The molecule has 1 heterocycles. The lowest BCUT2D eigenvalue weighted by molar-refractivity contribution is 0.0469. The van der Waals surface area contributed by atoms with Crippen molar-refractivity contribution in [1.82, 2.24) is 4.31 Å². The number of esters is 1. The van der Waals surface area contributed by atoms with Gasteiger partial charge in [0.15, 0.2) is 0 Å². The summed E-state index contributed by atoms with van der Waals surface area (Å²) in [6.45, 7) is 4.91. The zero-order valence-corrected chi connectivity index (χ0v) is 16.8. The molecule has 0 N–H and O–H groups in total. The number of halogens is 1. The highest BCUT2D eigenvalue weighted by Crippen LogP contribution is 2.26. The SMILES string of the molecule is C[C@@H]1C[C@@H](C)CN(S(=O)(=O)c2ccc(C(=O)OCc3ccccc3F)cc2)C1. The van der Waals surface area contributed by atoms with Crippen molar-refractivity contribution in [3.8, 4) is 0 Å². The molecule has 1 aliphatic rings. The van der Waals surface area contributed by atoms with E-state index in [9.17, 15) is 17.6 Å². The maximum Gasteiger partial charge on any atom is 0.338 e. The van der Waals surface area contributed by atoms with Gasteiger partial charge in [-0.15, -0.1) is 0 Å². The Hall–Kier alpha value is -2.25.